The second kappa shape index (κ2) is 13.4. The maximum atomic E-state index is 13.2. The van der Waals surface area contributed by atoms with Gasteiger partial charge in [0.25, 0.3) is 5.91 Å². The summed E-state index contributed by atoms with van der Waals surface area (Å²) in [4.78, 5) is 17.3. The highest BCUT2D eigenvalue weighted by Gasteiger charge is 2.12. The fraction of sp³-hybridized carbons (Fsp3) is 0.0645. The fourth-order valence-electron chi connectivity index (χ4n) is 3.82. The predicted molar refractivity (Wildman–Crippen MR) is 169 cm³/mol. The molecular weight excluding hydrogens is 654 g/mol. The number of rotatable bonds is 10. The Morgan fingerprint density at radius 3 is 2.54 bits per heavy atom. The highest BCUT2D eigenvalue weighted by Crippen LogP contribution is 2.34. The van der Waals surface area contributed by atoms with Crippen LogP contribution in [-0.4, -0.2) is 24.2 Å². The zero-order valence-electron chi connectivity index (χ0n) is 21.8. The van der Waals surface area contributed by atoms with Gasteiger partial charge in [0.2, 0.25) is 0 Å². The minimum absolute atomic E-state index is 0.267. The van der Waals surface area contributed by atoms with E-state index in [2.05, 4.69) is 43.4 Å². The zero-order chi connectivity index (χ0) is 28.6. The van der Waals surface area contributed by atoms with Gasteiger partial charge in [-0.2, -0.15) is 5.10 Å². The first-order chi connectivity index (χ1) is 20.0. The van der Waals surface area contributed by atoms with Gasteiger partial charge in [-0.1, -0.05) is 42.5 Å². The molecule has 0 saturated heterocycles. The van der Waals surface area contributed by atoms with Crippen molar-refractivity contribution >= 4 is 56.9 Å². The molecule has 0 atom stereocenters. The molecule has 206 valence electrons. The normalized spacial score (nSPS) is 10.9. The van der Waals surface area contributed by atoms with Crippen LogP contribution in [0.1, 0.15) is 21.5 Å². The average molecular weight is 679 g/mol. The number of amides is 1. The quantitative estimate of drug-likeness (QED) is 0.0901. The number of methoxy groups -OCH3 is 1. The SMILES string of the molecule is COc1cc(/C=N\NC(=O)c2ccc(-c3csc(Nc4ccccc4)n3)cc2)cc(I)c1OCc1ccc(F)cc1. The van der Waals surface area contributed by atoms with Crippen LogP contribution < -0.4 is 20.2 Å². The van der Waals surface area contributed by atoms with Crippen LogP contribution in [0.3, 0.4) is 0 Å². The molecule has 0 radical (unpaired) electrons. The number of hydrazone groups is 1. The molecule has 0 saturated carbocycles. The van der Waals surface area contributed by atoms with Gasteiger partial charge in [0.05, 0.1) is 22.6 Å². The number of carbonyl (C=O) groups excluding carboxylic acids is 1. The number of benzene rings is 4. The second-order valence-corrected chi connectivity index (χ2v) is 10.8. The number of carbonyl (C=O) groups is 1. The number of anilines is 2. The third-order valence-corrected chi connectivity index (χ3v) is 7.46. The number of nitrogens with one attached hydrogen (secondary N) is 2. The van der Waals surface area contributed by atoms with Crippen molar-refractivity contribution in [2.24, 2.45) is 5.10 Å². The van der Waals surface area contributed by atoms with Crippen LogP contribution in [0.5, 0.6) is 11.5 Å². The Morgan fingerprint density at radius 1 is 1.05 bits per heavy atom. The maximum Gasteiger partial charge on any atom is 0.271 e. The molecule has 0 aliphatic carbocycles. The summed E-state index contributed by atoms with van der Waals surface area (Å²) < 4.78 is 25.4. The van der Waals surface area contributed by atoms with E-state index < -0.39 is 0 Å². The van der Waals surface area contributed by atoms with Gasteiger partial charge in [0.1, 0.15) is 12.4 Å². The van der Waals surface area contributed by atoms with E-state index in [1.165, 1.54) is 29.7 Å². The van der Waals surface area contributed by atoms with Gasteiger partial charge in [-0.3, -0.25) is 4.79 Å². The van der Waals surface area contributed by atoms with E-state index >= 15 is 0 Å². The first-order valence-electron chi connectivity index (χ1n) is 12.4. The summed E-state index contributed by atoms with van der Waals surface area (Å²) >= 11 is 3.66. The number of hydrogen-bond acceptors (Lipinski definition) is 7. The fourth-order valence-corrected chi connectivity index (χ4v) is 5.34. The highest BCUT2D eigenvalue weighted by molar-refractivity contribution is 14.1. The lowest BCUT2D eigenvalue weighted by Gasteiger charge is -2.13. The van der Waals surface area contributed by atoms with Gasteiger partial charge >= 0.3 is 0 Å². The molecule has 2 N–H and O–H groups in total. The number of aromatic nitrogens is 1. The van der Waals surface area contributed by atoms with Gasteiger partial charge in [0.15, 0.2) is 16.6 Å². The Labute approximate surface area is 254 Å². The molecule has 0 spiro atoms. The number of nitrogens with zero attached hydrogens (tertiary/aromatic N) is 2. The Bertz CT molecular complexity index is 1660. The number of halogens is 2. The number of thiazole rings is 1. The minimum Gasteiger partial charge on any atom is -0.493 e. The number of ether oxygens (including phenoxy) is 2. The topological polar surface area (TPSA) is 84.8 Å². The standard InChI is InChI=1S/C31H24FIN4O3S/c1-39-28-16-21(15-26(33)29(28)40-18-20-7-13-24(32)14-8-20)17-34-37-30(38)23-11-9-22(10-12-23)27-19-41-31(36-27)35-25-5-3-2-4-6-25/h2-17,19H,18H2,1H3,(H,35,36)(H,37,38)/b34-17-. The van der Waals surface area contributed by atoms with Crippen LogP contribution in [-0.2, 0) is 6.61 Å². The molecule has 7 nitrogen and oxygen atoms in total. The van der Waals surface area contributed by atoms with E-state index in [0.717, 1.165) is 36.8 Å². The van der Waals surface area contributed by atoms with E-state index in [0.29, 0.717) is 17.1 Å². The van der Waals surface area contributed by atoms with E-state index in [4.69, 9.17) is 9.47 Å². The molecule has 5 aromatic rings. The van der Waals surface area contributed by atoms with Crippen molar-refractivity contribution in [1.82, 2.24) is 10.4 Å². The molecular formula is C31H24FIN4O3S. The largest absolute Gasteiger partial charge is 0.493 e. The van der Waals surface area contributed by atoms with Crippen molar-refractivity contribution in [2.45, 2.75) is 6.61 Å². The molecule has 4 aromatic carbocycles. The Balaban J connectivity index is 1.18. The number of para-hydroxylation sites is 1. The summed E-state index contributed by atoms with van der Waals surface area (Å²) in [6, 6.07) is 26.8. The summed E-state index contributed by atoms with van der Waals surface area (Å²) in [6.45, 7) is 0.267. The molecule has 0 bridgehead atoms. The summed E-state index contributed by atoms with van der Waals surface area (Å²) in [7, 11) is 1.55. The lowest BCUT2D eigenvalue weighted by molar-refractivity contribution is 0.0955. The second-order valence-electron chi connectivity index (χ2n) is 8.75. The van der Waals surface area contributed by atoms with Crippen LogP contribution in [0.15, 0.2) is 101 Å². The molecule has 10 heteroatoms. The van der Waals surface area contributed by atoms with Crippen LogP contribution >= 0.6 is 33.9 Å². The van der Waals surface area contributed by atoms with E-state index in [1.807, 2.05) is 53.9 Å². The van der Waals surface area contributed by atoms with Crippen LogP contribution in [0.25, 0.3) is 11.3 Å². The van der Waals surface area contributed by atoms with Gasteiger partial charge in [-0.05, 0) is 82.2 Å². The lowest BCUT2D eigenvalue weighted by Crippen LogP contribution is -2.17. The average Bonchev–Trinajstić information content (AvgIpc) is 3.46. The van der Waals surface area contributed by atoms with Crippen LogP contribution in [0.2, 0.25) is 0 Å². The molecule has 1 aromatic heterocycles. The third-order valence-electron chi connectivity index (χ3n) is 5.90. The Morgan fingerprint density at radius 2 is 1.80 bits per heavy atom. The smallest absolute Gasteiger partial charge is 0.271 e. The molecule has 1 amide bonds. The highest BCUT2D eigenvalue weighted by atomic mass is 127. The van der Waals surface area contributed by atoms with Gasteiger partial charge in [0, 0.05) is 22.2 Å². The predicted octanol–water partition coefficient (Wildman–Crippen LogP) is 7.65. The lowest BCUT2D eigenvalue weighted by atomic mass is 10.1. The third kappa shape index (κ3) is 7.47. The van der Waals surface area contributed by atoms with Crippen molar-refractivity contribution < 1.29 is 18.7 Å². The summed E-state index contributed by atoms with van der Waals surface area (Å²) in [5.41, 5.74) is 7.30. The zero-order valence-corrected chi connectivity index (χ0v) is 24.8. The van der Waals surface area contributed by atoms with Crippen molar-refractivity contribution in [3.8, 4) is 22.8 Å². The van der Waals surface area contributed by atoms with Crippen molar-refractivity contribution in [2.75, 3.05) is 12.4 Å². The van der Waals surface area contributed by atoms with E-state index in [9.17, 15) is 9.18 Å². The van der Waals surface area contributed by atoms with Gasteiger partial charge in [-0.15, -0.1) is 11.3 Å². The van der Waals surface area contributed by atoms with Crippen molar-refractivity contribution in [3.05, 3.63) is 122 Å². The summed E-state index contributed by atoms with van der Waals surface area (Å²) in [6.07, 6.45) is 1.54. The molecule has 0 fully saturated rings. The Kier molecular flexibility index (Phi) is 9.22. The summed E-state index contributed by atoms with van der Waals surface area (Å²) in [5.74, 6) is 0.460. The molecule has 0 aliphatic heterocycles. The first kappa shape index (κ1) is 28.2. The first-order valence-corrected chi connectivity index (χ1v) is 14.4. The van der Waals surface area contributed by atoms with E-state index in [1.54, 1.807) is 37.4 Å². The minimum atomic E-state index is -0.335. The van der Waals surface area contributed by atoms with Crippen molar-refractivity contribution in [1.29, 1.82) is 0 Å². The molecule has 5 rings (SSSR count). The van der Waals surface area contributed by atoms with Gasteiger partial charge in [-0.25, -0.2) is 14.8 Å². The maximum absolute atomic E-state index is 13.2. The number of hydrogen-bond donors (Lipinski definition) is 2. The van der Waals surface area contributed by atoms with Gasteiger partial charge < -0.3 is 14.8 Å². The summed E-state index contributed by atoms with van der Waals surface area (Å²) in [5, 5.41) is 10.2. The molecule has 0 aliphatic rings. The Hall–Kier alpha value is -4.29. The molecule has 0 unspecified atom stereocenters. The monoisotopic (exact) mass is 678 g/mol. The molecule has 41 heavy (non-hydrogen) atoms. The van der Waals surface area contributed by atoms with Crippen LogP contribution in [0, 0.1) is 9.39 Å². The van der Waals surface area contributed by atoms with Crippen LogP contribution in [0.4, 0.5) is 15.2 Å². The molecule has 1 heterocycles. The van der Waals surface area contributed by atoms with E-state index in [-0.39, 0.29) is 18.3 Å². The van der Waals surface area contributed by atoms with Crippen molar-refractivity contribution in [3.63, 3.8) is 0 Å².